The van der Waals surface area contributed by atoms with Crippen molar-refractivity contribution in [3.8, 4) is 0 Å². The van der Waals surface area contributed by atoms with Crippen LogP contribution in [0, 0.1) is 12.3 Å². The Morgan fingerprint density at radius 3 is 2.79 bits per heavy atom. The van der Waals surface area contributed by atoms with E-state index in [-0.39, 0.29) is 5.91 Å². The number of nitrogens with one attached hydrogen (secondary N) is 2. The summed E-state index contributed by atoms with van der Waals surface area (Å²) in [7, 11) is 0. The molecule has 1 aromatic carbocycles. The monoisotopic (exact) mass is 280 g/mol. The lowest BCUT2D eigenvalue weighted by Gasteiger charge is -2.14. The van der Waals surface area contributed by atoms with Crippen LogP contribution >= 0.6 is 11.6 Å². The summed E-state index contributed by atoms with van der Waals surface area (Å²) in [6.07, 6.45) is 3.76. The highest BCUT2D eigenvalue weighted by molar-refractivity contribution is 6.31. The Bertz CT molecular complexity index is 469. The number of amides is 1. The number of hydrogen-bond donors (Lipinski definition) is 2. The topological polar surface area (TPSA) is 41.1 Å². The van der Waals surface area contributed by atoms with Crippen LogP contribution in [-0.2, 0) is 4.79 Å². The molecule has 0 bridgehead atoms. The Morgan fingerprint density at radius 2 is 2.16 bits per heavy atom. The molecule has 0 aromatic heterocycles. The van der Waals surface area contributed by atoms with Crippen molar-refractivity contribution in [3.63, 3.8) is 0 Å². The Hall–Kier alpha value is -1.06. The third-order valence-corrected chi connectivity index (χ3v) is 4.20. The SMILES string of the molecule is CCC1(CNCC(=O)Nc2cc(Cl)ccc2C)CC1. The van der Waals surface area contributed by atoms with Crippen molar-refractivity contribution in [3.05, 3.63) is 28.8 Å². The Morgan fingerprint density at radius 1 is 1.42 bits per heavy atom. The summed E-state index contributed by atoms with van der Waals surface area (Å²) in [6.45, 7) is 5.46. The van der Waals surface area contributed by atoms with E-state index in [1.54, 1.807) is 6.07 Å². The molecule has 2 N–H and O–H groups in total. The van der Waals surface area contributed by atoms with Gasteiger partial charge in [-0.1, -0.05) is 24.6 Å². The van der Waals surface area contributed by atoms with Crippen LogP contribution in [0.2, 0.25) is 5.02 Å². The molecule has 0 saturated heterocycles. The van der Waals surface area contributed by atoms with E-state index in [4.69, 9.17) is 11.6 Å². The number of aryl methyl sites for hydroxylation is 1. The van der Waals surface area contributed by atoms with Gasteiger partial charge in [-0.05, 0) is 49.3 Å². The molecule has 4 heteroatoms. The van der Waals surface area contributed by atoms with Gasteiger partial charge in [0.1, 0.15) is 0 Å². The Kier molecular flexibility index (Phi) is 4.48. The second kappa shape index (κ2) is 5.93. The van der Waals surface area contributed by atoms with Gasteiger partial charge < -0.3 is 10.6 Å². The van der Waals surface area contributed by atoms with Gasteiger partial charge >= 0.3 is 0 Å². The van der Waals surface area contributed by atoms with Crippen LogP contribution in [0.4, 0.5) is 5.69 Å². The van der Waals surface area contributed by atoms with Crippen LogP contribution in [0.1, 0.15) is 31.7 Å². The second-order valence-corrected chi connectivity index (χ2v) is 5.90. The van der Waals surface area contributed by atoms with E-state index >= 15 is 0 Å². The lowest BCUT2D eigenvalue weighted by molar-refractivity contribution is -0.115. The second-order valence-electron chi connectivity index (χ2n) is 5.46. The maximum atomic E-state index is 11.9. The highest BCUT2D eigenvalue weighted by atomic mass is 35.5. The van der Waals surface area contributed by atoms with E-state index in [1.165, 1.54) is 19.3 Å². The number of benzene rings is 1. The normalized spacial score (nSPS) is 16.2. The van der Waals surface area contributed by atoms with Crippen LogP contribution in [0.3, 0.4) is 0 Å². The zero-order chi connectivity index (χ0) is 13.9. The van der Waals surface area contributed by atoms with Gasteiger partial charge in [-0.2, -0.15) is 0 Å². The minimum absolute atomic E-state index is 0.0164. The highest BCUT2D eigenvalue weighted by Crippen LogP contribution is 2.47. The predicted octanol–water partition coefficient (Wildman–Crippen LogP) is 3.37. The van der Waals surface area contributed by atoms with E-state index in [1.807, 2.05) is 19.1 Å². The molecule has 1 saturated carbocycles. The molecule has 0 unspecified atom stereocenters. The quantitative estimate of drug-likeness (QED) is 0.839. The van der Waals surface area contributed by atoms with Crippen LogP contribution in [0.15, 0.2) is 18.2 Å². The molecule has 1 fully saturated rings. The van der Waals surface area contributed by atoms with Gasteiger partial charge in [0.15, 0.2) is 0 Å². The summed E-state index contributed by atoms with van der Waals surface area (Å²) in [6, 6.07) is 5.51. The van der Waals surface area contributed by atoms with E-state index in [9.17, 15) is 4.79 Å². The largest absolute Gasteiger partial charge is 0.325 e. The molecule has 1 aromatic rings. The molecule has 0 atom stereocenters. The first kappa shape index (κ1) is 14.4. The summed E-state index contributed by atoms with van der Waals surface area (Å²) >= 11 is 5.92. The van der Waals surface area contributed by atoms with Gasteiger partial charge in [-0.3, -0.25) is 4.79 Å². The fraction of sp³-hybridized carbons (Fsp3) is 0.533. The smallest absolute Gasteiger partial charge is 0.238 e. The zero-order valence-corrected chi connectivity index (χ0v) is 12.3. The predicted molar refractivity (Wildman–Crippen MR) is 79.6 cm³/mol. The standard InChI is InChI=1S/C15H21ClN2O/c1-3-15(6-7-15)10-17-9-14(19)18-13-8-12(16)5-4-11(13)2/h4-5,8,17H,3,6-7,9-10H2,1-2H3,(H,18,19). The van der Waals surface area contributed by atoms with E-state index in [0.717, 1.165) is 17.8 Å². The number of halogens is 1. The van der Waals surface area contributed by atoms with Crippen molar-refractivity contribution in [2.24, 2.45) is 5.41 Å². The average molecular weight is 281 g/mol. The lowest BCUT2D eigenvalue weighted by Crippen LogP contribution is -2.32. The molecule has 0 aliphatic heterocycles. The number of rotatable bonds is 6. The molecule has 1 aliphatic carbocycles. The number of hydrogen-bond acceptors (Lipinski definition) is 2. The van der Waals surface area contributed by atoms with E-state index in [0.29, 0.717) is 17.0 Å². The van der Waals surface area contributed by atoms with Gasteiger partial charge in [0.05, 0.1) is 6.54 Å². The average Bonchev–Trinajstić information content (AvgIpc) is 3.14. The van der Waals surface area contributed by atoms with E-state index < -0.39 is 0 Å². The fourth-order valence-electron chi connectivity index (χ4n) is 2.20. The van der Waals surface area contributed by atoms with Gasteiger partial charge in [0, 0.05) is 17.3 Å². The summed E-state index contributed by atoms with van der Waals surface area (Å²) < 4.78 is 0. The molecule has 104 valence electrons. The molecule has 0 spiro atoms. The third-order valence-electron chi connectivity index (χ3n) is 3.97. The first-order chi connectivity index (χ1) is 9.04. The number of anilines is 1. The third kappa shape index (κ3) is 3.95. The number of carbonyl (C=O) groups excluding carboxylic acids is 1. The van der Waals surface area contributed by atoms with E-state index in [2.05, 4.69) is 17.6 Å². The summed E-state index contributed by atoms with van der Waals surface area (Å²) in [5.41, 5.74) is 2.27. The maximum Gasteiger partial charge on any atom is 0.238 e. The van der Waals surface area contributed by atoms with Gasteiger partial charge in [-0.15, -0.1) is 0 Å². The molecular formula is C15H21ClN2O. The Balaban J connectivity index is 1.79. The van der Waals surface area contributed by atoms with Crippen molar-refractivity contribution >= 4 is 23.2 Å². The first-order valence-electron chi connectivity index (χ1n) is 6.81. The molecule has 0 heterocycles. The minimum atomic E-state index is -0.0164. The van der Waals surface area contributed by atoms with Crippen molar-refractivity contribution in [2.45, 2.75) is 33.1 Å². The summed E-state index contributed by atoms with van der Waals surface area (Å²) in [5, 5.41) is 6.77. The highest BCUT2D eigenvalue weighted by Gasteiger charge is 2.39. The summed E-state index contributed by atoms with van der Waals surface area (Å²) in [4.78, 5) is 11.9. The lowest BCUT2D eigenvalue weighted by atomic mass is 10.0. The summed E-state index contributed by atoms with van der Waals surface area (Å²) in [5.74, 6) is -0.0164. The maximum absolute atomic E-state index is 11.9. The molecule has 3 nitrogen and oxygen atoms in total. The zero-order valence-electron chi connectivity index (χ0n) is 11.6. The van der Waals surface area contributed by atoms with Gasteiger partial charge in [-0.25, -0.2) is 0 Å². The Labute approximate surface area is 119 Å². The van der Waals surface area contributed by atoms with Gasteiger partial charge in [0.2, 0.25) is 5.91 Å². The molecule has 0 radical (unpaired) electrons. The van der Waals surface area contributed by atoms with Crippen molar-refractivity contribution in [1.29, 1.82) is 0 Å². The van der Waals surface area contributed by atoms with Crippen molar-refractivity contribution < 1.29 is 4.79 Å². The minimum Gasteiger partial charge on any atom is -0.325 e. The van der Waals surface area contributed by atoms with Crippen LogP contribution < -0.4 is 10.6 Å². The van der Waals surface area contributed by atoms with Gasteiger partial charge in [0.25, 0.3) is 0 Å². The molecule has 2 rings (SSSR count). The van der Waals surface area contributed by atoms with Crippen molar-refractivity contribution in [1.82, 2.24) is 5.32 Å². The van der Waals surface area contributed by atoms with Crippen LogP contribution in [0.25, 0.3) is 0 Å². The molecular weight excluding hydrogens is 260 g/mol. The first-order valence-corrected chi connectivity index (χ1v) is 7.19. The molecule has 19 heavy (non-hydrogen) atoms. The molecule has 1 aliphatic rings. The van der Waals surface area contributed by atoms with Crippen molar-refractivity contribution in [2.75, 3.05) is 18.4 Å². The number of carbonyl (C=O) groups is 1. The molecule has 1 amide bonds. The van der Waals surface area contributed by atoms with Crippen LogP contribution in [0.5, 0.6) is 0 Å². The van der Waals surface area contributed by atoms with Crippen LogP contribution in [-0.4, -0.2) is 19.0 Å². The fourth-order valence-corrected chi connectivity index (χ4v) is 2.37.